The number of carbonyl (C=O) groups is 3. The van der Waals surface area contributed by atoms with Crippen LogP contribution in [0.2, 0.25) is 0 Å². The Kier molecular flexibility index (Phi) is 8.59. The third-order valence-electron chi connectivity index (χ3n) is 5.32. The highest BCUT2D eigenvalue weighted by molar-refractivity contribution is 7.18. The molecule has 11 heteroatoms. The van der Waals surface area contributed by atoms with Crippen LogP contribution < -0.4 is 14.8 Å². The first-order chi connectivity index (χ1) is 18.4. The summed E-state index contributed by atoms with van der Waals surface area (Å²) < 4.78 is 23.5. The molecule has 0 bridgehead atoms. The molecule has 0 atom stereocenters. The summed E-state index contributed by atoms with van der Waals surface area (Å²) in [4.78, 5) is 42.8. The molecule has 10 nitrogen and oxygen atoms in total. The number of hydrogen-bond donors (Lipinski definition) is 1. The molecule has 0 aliphatic rings. The van der Waals surface area contributed by atoms with Gasteiger partial charge in [-0.1, -0.05) is 18.2 Å². The van der Waals surface area contributed by atoms with Gasteiger partial charge in [-0.2, -0.15) is 0 Å². The molecule has 0 spiro atoms. The Labute approximate surface area is 223 Å². The lowest BCUT2D eigenvalue weighted by molar-refractivity contribution is -0.118. The highest BCUT2D eigenvalue weighted by Crippen LogP contribution is 2.34. The predicted molar refractivity (Wildman–Crippen MR) is 141 cm³/mol. The number of nitrogens with zero attached hydrogens (tertiary/aromatic N) is 2. The van der Waals surface area contributed by atoms with E-state index in [0.29, 0.717) is 22.7 Å². The summed E-state index contributed by atoms with van der Waals surface area (Å²) in [5.74, 6) is -0.704. The number of aryl methyl sites for hydroxylation is 1. The van der Waals surface area contributed by atoms with Gasteiger partial charge >= 0.3 is 11.9 Å². The van der Waals surface area contributed by atoms with Crippen molar-refractivity contribution >= 4 is 39.8 Å². The van der Waals surface area contributed by atoms with Gasteiger partial charge in [-0.05, 0) is 50.6 Å². The fourth-order valence-corrected chi connectivity index (χ4v) is 4.75. The second kappa shape index (κ2) is 12.2. The van der Waals surface area contributed by atoms with E-state index in [0.717, 1.165) is 17.0 Å². The van der Waals surface area contributed by atoms with Crippen LogP contribution >= 0.6 is 11.3 Å². The molecule has 198 valence electrons. The number of benzene rings is 1. The molecule has 3 aromatic heterocycles. The van der Waals surface area contributed by atoms with Gasteiger partial charge in [0.2, 0.25) is 0 Å². The van der Waals surface area contributed by atoms with Crippen molar-refractivity contribution in [2.45, 2.75) is 20.8 Å². The molecule has 0 saturated carbocycles. The van der Waals surface area contributed by atoms with Crippen molar-refractivity contribution in [2.75, 3.05) is 31.7 Å². The van der Waals surface area contributed by atoms with Crippen molar-refractivity contribution < 1.29 is 33.3 Å². The molecule has 1 amide bonds. The molecule has 4 rings (SSSR count). The van der Waals surface area contributed by atoms with E-state index in [1.54, 1.807) is 42.5 Å². The minimum atomic E-state index is -0.651. The lowest BCUT2D eigenvalue weighted by Crippen LogP contribution is -2.21. The largest absolute Gasteiger partial charge is 0.490 e. The molecular formula is C27H27N3O7S. The van der Waals surface area contributed by atoms with Crippen molar-refractivity contribution in [1.82, 2.24) is 9.38 Å². The monoisotopic (exact) mass is 537 g/mol. The van der Waals surface area contributed by atoms with E-state index >= 15 is 0 Å². The molecule has 3 heterocycles. The highest BCUT2D eigenvalue weighted by Gasteiger charge is 2.27. The normalized spacial score (nSPS) is 10.7. The van der Waals surface area contributed by atoms with Crippen molar-refractivity contribution in [2.24, 2.45) is 0 Å². The summed E-state index contributed by atoms with van der Waals surface area (Å²) in [6.07, 6.45) is 3.67. The minimum Gasteiger partial charge on any atom is -0.490 e. The number of anilines is 1. The lowest BCUT2D eigenvalue weighted by atomic mass is 10.1. The fourth-order valence-electron chi connectivity index (χ4n) is 3.65. The molecule has 0 saturated heterocycles. The van der Waals surface area contributed by atoms with Crippen molar-refractivity contribution in [1.29, 1.82) is 0 Å². The third kappa shape index (κ3) is 6.30. The van der Waals surface area contributed by atoms with E-state index in [2.05, 4.69) is 10.3 Å². The first kappa shape index (κ1) is 26.7. The van der Waals surface area contributed by atoms with E-state index in [1.807, 2.05) is 37.5 Å². The quantitative estimate of drug-likeness (QED) is 0.220. The van der Waals surface area contributed by atoms with E-state index in [9.17, 15) is 14.4 Å². The van der Waals surface area contributed by atoms with Crippen LogP contribution in [-0.4, -0.2) is 53.7 Å². The molecule has 0 unspecified atom stereocenters. The number of para-hydroxylation sites is 1. The summed E-state index contributed by atoms with van der Waals surface area (Å²) in [6.45, 7) is 5.11. The number of amides is 1. The van der Waals surface area contributed by atoms with Gasteiger partial charge in [-0.3, -0.25) is 4.79 Å². The number of fused-ring (bicyclic) bond motifs is 1. The van der Waals surface area contributed by atoms with Gasteiger partial charge in [-0.25, -0.2) is 14.6 Å². The Morgan fingerprint density at radius 1 is 0.974 bits per heavy atom. The van der Waals surface area contributed by atoms with Crippen LogP contribution in [0.5, 0.6) is 11.5 Å². The van der Waals surface area contributed by atoms with Gasteiger partial charge in [-0.15, -0.1) is 11.3 Å². The fraction of sp³-hybridized carbons (Fsp3) is 0.259. The van der Waals surface area contributed by atoms with Crippen LogP contribution in [0.4, 0.5) is 5.00 Å². The average Bonchev–Trinajstić information content (AvgIpc) is 3.44. The smallest absolute Gasteiger partial charge is 0.348 e. The van der Waals surface area contributed by atoms with Gasteiger partial charge in [0.25, 0.3) is 5.91 Å². The maximum atomic E-state index is 12.8. The molecule has 4 aromatic rings. The Bertz CT molecular complexity index is 1450. The molecule has 0 radical (unpaired) electrons. The first-order valence-electron chi connectivity index (χ1n) is 11.9. The predicted octanol–water partition coefficient (Wildman–Crippen LogP) is 4.44. The summed E-state index contributed by atoms with van der Waals surface area (Å²) in [6, 6.07) is 12.6. The first-order valence-corrected chi connectivity index (χ1v) is 12.7. The second-order valence-electron chi connectivity index (χ2n) is 8.10. The maximum absolute atomic E-state index is 12.8. The van der Waals surface area contributed by atoms with Crippen molar-refractivity contribution in [3.8, 4) is 11.5 Å². The van der Waals surface area contributed by atoms with E-state index in [4.69, 9.17) is 18.9 Å². The molecule has 0 fully saturated rings. The minimum absolute atomic E-state index is 0.00807. The van der Waals surface area contributed by atoms with E-state index in [-0.39, 0.29) is 41.9 Å². The number of imidazole rings is 1. The van der Waals surface area contributed by atoms with Crippen molar-refractivity contribution in [3.63, 3.8) is 0 Å². The van der Waals surface area contributed by atoms with E-state index < -0.39 is 17.8 Å². The Morgan fingerprint density at radius 3 is 2.53 bits per heavy atom. The number of ether oxygens (including phenoxy) is 4. The topological polar surface area (TPSA) is 117 Å². The summed E-state index contributed by atoms with van der Waals surface area (Å²) in [5.41, 5.74) is 1.85. The number of carbonyl (C=O) groups excluding carboxylic acids is 3. The lowest BCUT2D eigenvalue weighted by Gasteiger charge is -2.09. The van der Waals surface area contributed by atoms with E-state index in [1.165, 1.54) is 0 Å². The zero-order valence-corrected chi connectivity index (χ0v) is 22.0. The third-order valence-corrected chi connectivity index (χ3v) is 6.51. The Balaban J connectivity index is 1.43. The number of nitrogens with one attached hydrogen (secondary N) is 1. The number of aromatic nitrogens is 2. The zero-order valence-electron chi connectivity index (χ0n) is 21.2. The van der Waals surface area contributed by atoms with Crippen LogP contribution in [-0.2, 0) is 14.3 Å². The van der Waals surface area contributed by atoms with Crippen LogP contribution in [0.25, 0.3) is 5.65 Å². The number of thiophene rings is 1. The van der Waals surface area contributed by atoms with Crippen molar-refractivity contribution in [3.05, 3.63) is 76.6 Å². The molecule has 0 aliphatic carbocycles. The van der Waals surface area contributed by atoms with Crippen LogP contribution in [0.3, 0.4) is 0 Å². The molecule has 1 N–H and O–H groups in total. The zero-order chi connectivity index (χ0) is 27.1. The molecular weight excluding hydrogens is 510 g/mol. The highest BCUT2D eigenvalue weighted by atomic mass is 32.1. The number of esters is 2. The van der Waals surface area contributed by atoms with Gasteiger partial charge < -0.3 is 28.7 Å². The number of pyridine rings is 1. The van der Waals surface area contributed by atoms with Crippen LogP contribution in [0.15, 0.2) is 54.9 Å². The standard InChI is InChI=1S/C27H27N3O7S/c1-4-34-26(32)22-18(3)23(27(33)36-14-13-35-19-9-6-5-7-10-19)38-25(22)29-21(31)16-37-20-11-8-12-30-15-17(2)28-24(20)30/h5-12,15H,4,13-14,16H2,1-3H3,(H,29,31). The molecule has 1 aromatic carbocycles. The van der Waals surface area contributed by atoms with Crippen LogP contribution in [0.1, 0.15) is 38.2 Å². The molecule has 38 heavy (non-hydrogen) atoms. The summed E-state index contributed by atoms with van der Waals surface area (Å²) in [5, 5.41) is 2.85. The SMILES string of the molecule is CCOC(=O)c1c(NC(=O)COc2cccn3cc(C)nc23)sc(C(=O)OCCOc2ccccc2)c1C. The van der Waals surface area contributed by atoms with Gasteiger partial charge in [0.15, 0.2) is 18.0 Å². The summed E-state index contributed by atoms with van der Waals surface area (Å²) >= 11 is 0.939. The second-order valence-corrected chi connectivity index (χ2v) is 9.12. The Morgan fingerprint density at radius 2 is 1.76 bits per heavy atom. The van der Waals surface area contributed by atoms with Gasteiger partial charge in [0.05, 0.1) is 17.9 Å². The van der Waals surface area contributed by atoms with Gasteiger partial charge in [0, 0.05) is 12.4 Å². The number of hydrogen-bond acceptors (Lipinski definition) is 9. The number of rotatable bonds is 11. The molecule has 0 aliphatic heterocycles. The van der Waals surface area contributed by atoms with Crippen LogP contribution in [0, 0.1) is 13.8 Å². The summed E-state index contributed by atoms with van der Waals surface area (Å²) in [7, 11) is 0. The Hall–Kier alpha value is -4.38. The average molecular weight is 538 g/mol. The maximum Gasteiger partial charge on any atom is 0.348 e. The van der Waals surface area contributed by atoms with Gasteiger partial charge in [0.1, 0.15) is 28.8 Å².